The molecule has 0 saturated carbocycles. The second-order valence-electron chi connectivity index (χ2n) is 7.24. The lowest BCUT2D eigenvalue weighted by atomic mass is 9.98. The van der Waals surface area contributed by atoms with Gasteiger partial charge < -0.3 is 14.2 Å². The quantitative estimate of drug-likeness (QED) is 0.769. The third kappa shape index (κ3) is 4.12. The number of rotatable bonds is 3. The zero-order valence-corrected chi connectivity index (χ0v) is 15.6. The van der Waals surface area contributed by atoms with E-state index >= 15 is 0 Å². The fourth-order valence-corrected chi connectivity index (χ4v) is 3.35. The molecule has 0 unspecified atom stereocenters. The van der Waals surface area contributed by atoms with Crippen molar-refractivity contribution in [1.29, 1.82) is 0 Å². The Kier molecular flexibility index (Phi) is 5.22. The van der Waals surface area contributed by atoms with Crippen molar-refractivity contribution in [3.05, 3.63) is 53.5 Å². The van der Waals surface area contributed by atoms with E-state index in [1.165, 1.54) is 18.4 Å². The van der Waals surface area contributed by atoms with Crippen molar-refractivity contribution < 1.29 is 22.4 Å². The highest BCUT2D eigenvalue weighted by Crippen LogP contribution is 2.35. The van der Waals surface area contributed by atoms with E-state index in [-0.39, 0.29) is 23.6 Å². The Morgan fingerprint density at radius 1 is 1.22 bits per heavy atom. The summed E-state index contributed by atoms with van der Waals surface area (Å²) in [6.45, 7) is 7.00. The van der Waals surface area contributed by atoms with E-state index in [4.69, 9.17) is 4.42 Å². The van der Waals surface area contributed by atoms with Crippen LogP contribution in [0.15, 0.2) is 41.0 Å². The number of nitrogens with zero attached hydrogens (tertiary/aromatic N) is 2. The maximum Gasteiger partial charge on any atom is 0.416 e. The Morgan fingerprint density at radius 3 is 2.52 bits per heavy atom. The summed E-state index contributed by atoms with van der Waals surface area (Å²) >= 11 is 0. The third-order valence-electron chi connectivity index (χ3n) is 4.92. The fourth-order valence-electron chi connectivity index (χ4n) is 3.35. The summed E-state index contributed by atoms with van der Waals surface area (Å²) < 4.78 is 45.1. The second-order valence-corrected chi connectivity index (χ2v) is 7.24. The molecule has 1 aromatic heterocycles. The number of benzene rings is 1. The molecule has 4 nitrogen and oxygen atoms in total. The van der Waals surface area contributed by atoms with Crippen molar-refractivity contribution in [1.82, 2.24) is 4.90 Å². The van der Waals surface area contributed by atoms with Crippen LogP contribution < -0.4 is 4.90 Å². The van der Waals surface area contributed by atoms with Crippen molar-refractivity contribution in [3.8, 4) is 0 Å². The van der Waals surface area contributed by atoms with Gasteiger partial charge in [-0.1, -0.05) is 13.8 Å². The van der Waals surface area contributed by atoms with E-state index in [1.54, 1.807) is 17.0 Å². The first-order valence-corrected chi connectivity index (χ1v) is 8.98. The van der Waals surface area contributed by atoms with Crippen molar-refractivity contribution in [2.45, 2.75) is 38.9 Å². The van der Waals surface area contributed by atoms with E-state index in [0.29, 0.717) is 30.9 Å². The van der Waals surface area contributed by atoms with Crippen LogP contribution in [0.2, 0.25) is 0 Å². The molecule has 0 spiro atoms. The molecule has 0 N–H and O–H groups in total. The number of halogens is 3. The van der Waals surface area contributed by atoms with Crippen LogP contribution in [0.25, 0.3) is 0 Å². The van der Waals surface area contributed by atoms with Crippen LogP contribution in [0.5, 0.6) is 0 Å². The number of piperazine rings is 1. The first-order valence-electron chi connectivity index (χ1n) is 8.98. The lowest BCUT2D eigenvalue weighted by molar-refractivity contribution is -0.137. The first-order chi connectivity index (χ1) is 12.7. The summed E-state index contributed by atoms with van der Waals surface area (Å²) in [7, 11) is 0. The summed E-state index contributed by atoms with van der Waals surface area (Å²) in [6, 6.07) is 7.36. The van der Waals surface area contributed by atoms with Crippen molar-refractivity contribution in [2.24, 2.45) is 0 Å². The third-order valence-corrected chi connectivity index (χ3v) is 4.92. The molecule has 0 radical (unpaired) electrons. The van der Waals surface area contributed by atoms with Crippen LogP contribution in [-0.4, -0.2) is 36.5 Å². The highest BCUT2D eigenvalue weighted by Gasteiger charge is 2.34. The predicted molar refractivity (Wildman–Crippen MR) is 97.0 cm³/mol. The van der Waals surface area contributed by atoms with Gasteiger partial charge >= 0.3 is 6.18 Å². The normalized spacial score (nSPS) is 18.3. The molecule has 1 amide bonds. The molecule has 1 atom stereocenters. The molecule has 1 aromatic carbocycles. The number of hydrogen-bond donors (Lipinski definition) is 0. The number of amides is 1. The maximum atomic E-state index is 13.3. The van der Waals surface area contributed by atoms with Crippen LogP contribution in [0, 0.1) is 0 Å². The molecule has 1 fully saturated rings. The standard InChI is InChI=1S/C20H23F3N2O2/c1-13(2)15-9-16(20(21,22)23)11-17(10-15)24-6-7-25(14(3)12-24)19(26)18-5-4-8-27-18/h4-5,8-11,13-14H,6-7,12H2,1-3H3/t14-/m1/s1. The van der Waals surface area contributed by atoms with Crippen molar-refractivity contribution in [3.63, 3.8) is 0 Å². The molecule has 27 heavy (non-hydrogen) atoms. The van der Waals surface area contributed by atoms with E-state index in [9.17, 15) is 18.0 Å². The fraction of sp³-hybridized carbons (Fsp3) is 0.450. The predicted octanol–water partition coefficient (Wildman–Crippen LogP) is 4.77. The van der Waals surface area contributed by atoms with E-state index < -0.39 is 11.7 Å². The van der Waals surface area contributed by atoms with E-state index in [0.717, 1.165) is 0 Å². The zero-order valence-electron chi connectivity index (χ0n) is 15.6. The molecule has 3 rings (SSSR count). The molecule has 0 bridgehead atoms. The van der Waals surface area contributed by atoms with Crippen molar-refractivity contribution >= 4 is 11.6 Å². The molecule has 1 aliphatic rings. The second kappa shape index (κ2) is 7.29. The van der Waals surface area contributed by atoms with Crippen LogP contribution in [0.3, 0.4) is 0 Å². The van der Waals surface area contributed by atoms with E-state index in [1.807, 2.05) is 31.7 Å². The van der Waals surface area contributed by atoms with Gasteiger partial charge in [0.25, 0.3) is 5.91 Å². The van der Waals surface area contributed by atoms with Crippen LogP contribution in [0.4, 0.5) is 18.9 Å². The Hall–Kier alpha value is -2.44. The van der Waals surface area contributed by atoms with Crippen LogP contribution in [-0.2, 0) is 6.18 Å². The minimum Gasteiger partial charge on any atom is -0.459 e. The van der Waals surface area contributed by atoms with Gasteiger partial charge in [-0.3, -0.25) is 4.79 Å². The Morgan fingerprint density at radius 2 is 1.96 bits per heavy atom. The van der Waals surface area contributed by atoms with Gasteiger partial charge in [-0.25, -0.2) is 0 Å². The van der Waals surface area contributed by atoms with Gasteiger partial charge in [-0.2, -0.15) is 13.2 Å². The summed E-state index contributed by atoms with van der Waals surface area (Å²) in [5.41, 5.74) is 0.567. The molecule has 7 heteroatoms. The summed E-state index contributed by atoms with van der Waals surface area (Å²) in [5, 5.41) is 0. The number of carbonyl (C=O) groups excluding carboxylic acids is 1. The molecular weight excluding hydrogens is 357 g/mol. The average Bonchev–Trinajstić information content (AvgIpc) is 3.14. The van der Waals surface area contributed by atoms with E-state index in [2.05, 4.69) is 0 Å². The lowest BCUT2D eigenvalue weighted by Crippen LogP contribution is -2.54. The zero-order chi connectivity index (χ0) is 19.8. The molecule has 146 valence electrons. The molecular formula is C20H23F3N2O2. The molecule has 1 saturated heterocycles. The minimum absolute atomic E-state index is 0.00899. The lowest BCUT2D eigenvalue weighted by Gasteiger charge is -2.41. The van der Waals surface area contributed by atoms with Crippen LogP contribution in [0.1, 0.15) is 48.4 Å². The summed E-state index contributed by atoms with van der Waals surface area (Å²) in [6.07, 6.45) is -2.94. The van der Waals surface area contributed by atoms with Gasteiger partial charge in [0, 0.05) is 31.4 Å². The van der Waals surface area contributed by atoms with Crippen LogP contribution >= 0.6 is 0 Å². The minimum atomic E-state index is -4.39. The van der Waals surface area contributed by atoms with Gasteiger partial charge in [0.2, 0.25) is 0 Å². The average molecular weight is 380 g/mol. The number of carbonyl (C=O) groups is 1. The Labute approximate surface area is 156 Å². The smallest absolute Gasteiger partial charge is 0.416 e. The highest BCUT2D eigenvalue weighted by molar-refractivity contribution is 5.91. The van der Waals surface area contributed by atoms with Gasteiger partial charge in [0.05, 0.1) is 11.8 Å². The maximum absolute atomic E-state index is 13.3. The molecule has 1 aliphatic heterocycles. The molecule has 2 aromatic rings. The van der Waals surface area contributed by atoms with Gasteiger partial charge in [0.15, 0.2) is 5.76 Å². The SMILES string of the molecule is CC(C)c1cc(N2CCN(C(=O)c3ccco3)[C@H](C)C2)cc(C(F)(F)F)c1. The topological polar surface area (TPSA) is 36.7 Å². The summed E-state index contributed by atoms with van der Waals surface area (Å²) in [5.74, 6) is 0.0702. The number of furan rings is 1. The largest absolute Gasteiger partial charge is 0.459 e. The highest BCUT2D eigenvalue weighted by atomic mass is 19.4. The first kappa shape index (κ1) is 19.3. The van der Waals surface area contributed by atoms with Gasteiger partial charge in [-0.05, 0) is 48.7 Å². The van der Waals surface area contributed by atoms with Gasteiger partial charge in [0.1, 0.15) is 0 Å². The Bertz CT molecular complexity index is 800. The number of alkyl halides is 3. The number of hydrogen-bond acceptors (Lipinski definition) is 3. The number of anilines is 1. The Balaban J connectivity index is 1.82. The van der Waals surface area contributed by atoms with Crippen molar-refractivity contribution in [2.75, 3.05) is 24.5 Å². The molecule has 0 aliphatic carbocycles. The summed E-state index contributed by atoms with van der Waals surface area (Å²) in [4.78, 5) is 16.1. The molecule has 2 heterocycles. The van der Waals surface area contributed by atoms with Gasteiger partial charge in [-0.15, -0.1) is 0 Å². The monoisotopic (exact) mass is 380 g/mol.